The van der Waals surface area contributed by atoms with E-state index in [2.05, 4.69) is 20.8 Å². The molecule has 0 aromatic heterocycles. The molecule has 0 radical (unpaired) electrons. The molecule has 0 amide bonds. The molecule has 0 spiro atoms. The Kier molecular flexibility index (Phi) is 3.42. The highest BCUT2D eigenvalue weighted by Gasteiger charge is 2.30. The van der Waals surface area contributed by atoms with Gasteiger partial charge in [-0.2, -0.15) is 0 Å². The summed E-state index contributed by atoms with van der Waals surface area (Å²) in [5, 5.41) is 0. The minimum absolute atomic E-state index is 0.545. The van der Waals surface area contributed by atoms with Gasteiger partial charge in [0.25, 0.3) is 0 Å². The third kappa shape index (κ3) is 3.50. The predicted octanol–water partition coefficient (Wildman–Crippen LogP) is 5.03. The molecule has 2 rings (SSSR count). The Hall–Kier alpha value is 0. The van der Waals surface area contributed by atoms with Gasteiger partial charge in [0.1, 0.15) is 0 Å². The average molecular weight is 208 g/mol. The third-order valence-electron chi connectivity index (χ3n) is 4.44. The van der Waals surface area contributed by atoms with E-state index in [0.29, 0.717) is 5.41 Å². The average Bonchev–Trinajstić information content (AvgIpc) is 2.33. The van der Waals surface area contributed by atoms with Crippen LogP contribution < -0.4 is 0 Å². The van der Waals surface area contributed by atoms with Crippen LogP contribution in [0.3, 0.4) is 0 Å². The standard InChI is InChI=1S/C15H28/c1-15(2,3)11-14-9-12-5-4-6-13(10-14)8-7-12/h12-14H,4-11H2,1-3H3. The molecule has 2 saturated carbocycles. The van der Waals surface area contributed by atoms with Gasteiger partial charge in [-0.15, -0.1) is 0 Å². The zero-order valence-corrected chi connectivity index (χ0v) is 10.9. The summed E-state index contributed by atoms with van der Waals surface area (Å²) in [4.78, 5) is 0. The Morgan fingerprint density at radius 3 is 1.87 bits per heavy atom. The summed E-state index contributed by atoms with van der Waals surface area (Å²) in [7, 11) is 0. The second-order valence-electron chi connectivity index (χ2n) is 7.34. The zero-order chi connectivity index (χ0) is 10.9. The van der Waals surface area contributed by atoms with E-state index in [1.807, 2.05) is 0 Å². The maximum Gasteiger partial charge on any atom is -0.0380 e. The van der Waals surface area contributed by atoms with Gasteiger partial charge >= 0.3 is 0 Å². The lowest BCUT2D eigenvalue weighted by molar-refractivity contribution is 0.217. The molecule has 0 aliphatic heterocycles. The van der Waals surface area contributed by atoms with Crippen molar-refractivity contribution in [3.8, 4) is 0 Å². The van der Waals surface area contributed by atoms with E-state index in [1.165, 1.54) is 25.7 Å². The molecule has 0 nitrogen and oxygen atoms in total. The van der Waals surface area contributed by atoms with Gasteiger partial charge in [0.2, 0.25) is 0 Å². The molecule has 0 heteroatoms. The van der Waals surface area contributed by atoms with Crippen LogP contribution in [0.4, 0.5) is 0 Å². The molecular weight excluding hydrogens is 180 g/mol. The van der Waals surface area contributed by atoms with E-state index < -0.39 is 0 Å². The monoisotopic (exact) mass is 208 g/mol. The fraction of sp³-hybridized carbons (Fsp3) is 1.00. The number of rotatable bonds is 1. The van der Waals surface area contributed by atoms with Crippen LogP contribution in [0.15, 0.2) is 0 Å². The van der Waals surface area contributed by atoms with Crippen LogP contribution in [0.5, 0.6) is 0 Å². The van der Waals surface area contributed by atoms with Crippen molar-refractivity contribution < 1.29 is 0 Å². The second kappa shape index (κ2) is 4.47. The SMILES string of the molecule is CC(C)(C)CC1CC2CCCC(CC2)C1. The quantitative estimate of drug-likeness (QED) is 0.567. The van der Waals surface area contributed by atoms with Crippen molar-refractivity contribution in [3.63, 3.8) is 0 Å². The smallest absolute Gasteiger partial charge is 0.0380 e. The van der Waals surface area contributed by atoms with Gasteiger partial charge in [0, 0.05) is 0 Å². The van der Waals surface area contributed by atoms with Crippen LogP contribution in [0.1, 0.15) is 72.1 Å². The summed E-state index contributed by atoms with van der Waals surface area (Å²) >= 11 is 0. The molecule has 0 aromatic rings. The van der Waals surface area contributed by atoms with E-state index in [4.69, 9.17) is 0 Å². The molecule has 0 N–H and O–H groups in total. The topological polar surface area (TPSA) is 0 Å². The Morgan fingerprint density at radius 2 is 1.40 bits per heavy atom. The van der Waals surface area contributed by atoms with Crippen molar-refractivity contribution in [2.45, 2.75) is 72.1 Å². The van der Waals surface area contributed by atoms with Gasteiger partial charge in [-0.05, 0) is 42.4 Å². The zero-order valence-electron chi connectivity index (χ0n) is 10.9. The van der Waals surface area contributed by atoms with Crippen LogP contribution in [0.25, 0.3) is 0 Å². The largest absolute Gasteiger partial charge is 0.0602 e. The van der Waals surface area contributed by atoms with Crippen LogP contribution in [0.2, 0.25) is 0 Å². The summed E-state index contributed by atoms with van der Waals surface area (Å²) in [6, 6.07) is 0. The minimum atomic E-state index is 0.545. The van der Waals surface area contributed by atoms with Gasteiger partial charge in [0.05, 0.1) is 0 Å². The Bertz CT molecular complexity index is 185. The highest BCUT2D eigenvalue weighted by molar-refractivity contribution is 4.82. The maximum atomic E-state index is 2.41. The van der Waals surface area contributed by atoms with Gasteiger partial charge in [-0.25, -0.2) is 0 Å². The summed E-state index contributed by atoms with van der Waals surface area (Å²) < 4.78 is 0. The minimum Gasteiger partial charge on any atom is -0.0602 e. The second-order valence-corrected chi connectivity index (χ2v) is 7.34. The maximum absolute atomic E-state index is 2.41. The lowest BCUT2D eigenvalue weighted by Gasteiger charge is -2.30. The molecule has 2 aliphatic rings. The first-order valence-electron chi connectivity index (χ1n) is 7.03. The van der Waals surface area contributed by atoms with Crippen LogP contribution in [0, 0.1) is 23.2 Å². The van der Waals surface area contributed by atoms with Gasteiger partial charge < -0.3 is 0 Å². The summed E-state index contributed by atoms with van der Waals surface area (Å²) in [5.41, 5.74) is 0.545. The summed E-state index contributed by atoms with van der Waals surface area (Å²) in [6.45, 7) is 7.23. The van der Waals surface area contributed by atoms with Gasteiger partial charge in [0.15, 0.2) is 0 Å². The first-order chi connectivity index (χ1) is 7.03. The Balaban J connectivity index is 1.96. The Morgan fingerprint density at radius 1 is 0.867 bits per heavy atom. The number of hydrogen-bond acceptors (Lipinski definition) is 0. The Labute approximate surface area is 95.8 Å². The molecule has 0 heterocycles. The highest BCUT2D eigenvalue weighted by Crippen LogP contribution is 2.43. The molecule has 0 aromatic carbocycles. The van der Waals surface area contributed by atoms with Crippen molar-refractivity contribution in [3.05, 3.63) is 0 Å². The van der Waals surface area contributed by atoms with Crippen molar-refractivity contribution >= 4 is 0 Å². The molecule has 2 atom stereocenters. The van der Waals surface area contributed by atoms with E-state index in [9.17, 15) is 0 Å². The van der Waals surface area contributed by atoms with Crippen molar-refractivity contribution in [2.75, 3.05) is 0 Å². The molecular formula is C15H28. The fourth-order valence-corrected chi connectivity index (χ4v) is 4.00. The number of hydrogen-bond donors (Lipinski definition) is 0. The summed E-state index contributed by atoms with van der Waals surface area (Å²) in [6.07, 6.45) is 12.3. The van der Waals surface area contributed by atoms with Gasteiger partial charge in [-0.3, -0.25) is 0 Å². The lowest BCUT2D eigenvalue weighted by Crippen LogP contribution is -2.18. The molecule has 88 valence electrons. The van der Waals surface area contributed by atoms with E-state index >= 15 is 0 Å². The van der Waals surface area contributed by atoms with E-state index in [0.717, 1.165) is 17.8 Å². The molecule has 15 heavy (non-hydrogen) atoms. The fourth-order valence-electron chi connectivity index (χ4n) is 4.00. The first-order valence-corrected chi connectivity index (χ1v) is 7.03. The molecule has 2 unspecified atom stereocenters. The van der Waals surface area contributed by atoms with Crippen molar-refractivity contribution in [2.24, 2.45) is 23.2 Å². The van der Waals surface area contributed by atoms with Crippen molar-refractivity contribution in [1.82, 2.24) is 0 Å². The first kappa shape index (κ1) is 11.5. The molecule has 2 bridgehead atoms. The van der Waals surface area contributed by atoms with E-state index in [1.54, 1.807) is 25.7 Å². The van der Waals surface area contributed by atoms with Crippen molar-refractivity contribution in [1.29, 1.82) is 0 Å². The number of fused-ring (bicyclic) bond motifs is 3. The molecule has 2 fully saturated rings. The highest BCUT2D eigenvalue weighted by atomic mass is 14.4. The van der Waals surface area contributed by atoms with Crippen LogP contribution in [-0.2, 0) is 0 Å². The normalized spacial score (nSPS) is 37.4. The van der Waals surface area contributed by atoms with Crippen LogP contribution >= 0.6 is 0 Å². The summed E-state index contributed by atoms with van der Waals surface area (Å²) in [5.74, 6) is 3.22. The van der Waals surface area contributed by atoms with Gasteiger partial charge in [-0.1, -0.05) is 52.9 Å². The molecule has 2 aliphatic carbocycles. The molecule has 0 saturated heterocycles. The van der Waals surface area contributed by atoms with Crippen LogP contribution in [-0.4, -0.2) is 0 Å². The lowest BCUT2D eigenvalue weighted by atomic mass is 9.76. The predicted molar refractivity (Wildman–Crippen MR) is 66.9 cm³/mol. The van der Waals surface area contributed by atoms with E-state index in [-0.39, 0.29) is 0 Å². The third-order valence-corrected chi connectivity index (χ3v) is 4.44.